The summed E-state index contributed by atoms with van der Waals surface area (Å²) in [5.74, 6) is -2.16. The van der Waals surface area contributed by atoms with Crippen LogP contribution in [-0.2, 0) is 16.0 Å². The zero-order valence-electron chi connectivity index (χ0n) is 13.6. The molecule has 0 radical (unpaired) electrons. The standard InChI is InChI=1S/C19H15FN2O4/c20-15-9-5-4-8-14(15)18(19(24)25)21-17(23)11-13-10-16(26-22-13)12-6-2-1-3-7-12/h1-10,18H,11H2,(H,21,23)(H,24,25)/t18-/m1/s1. The van der Waals surface area contributed by atoms with Gasteiger partial charge in [0, 0.05) is 17.2 Å². The van der Waals surface area contributed by atoms with E-state index in [1.54, 1.807) is 6.07 Å². The predicted molar refractivity (Wildman–Crippen MR) is 90.6 cm³/mol. The molecule has 0 aliphatic rings. The summed E-state index contributed by atoms with van der Waals surface area (Å²) in [6.07, 6.45) is -0.186. The maximum absolute atomic E-state index is 13.8. The molecule has 0 aliphatic carbocycles. The summed E-state index contributed by atoms with van der Waals surface area (Å²) in [4.78, 5) is 23.6. The van der Waals surface area contributed by atoms with Crippen LogP contribution >= 0.6 is 0 Å². The van der Waals surface area contributed by atoms with Gasteiger partial charge in [-0.1, -0.05) is 53.7 Å². The Morgan fingerprint density at radius 2 is 1.81 bits per heavy atom. The lowest BCUT2D eigenvalue weighted by molar-refractivity contribution is -0.142. The summed E-state index contributed by atoms with van der Waals surface area (Å²) in [6, 6.07) is 14.8. The van der Waals surface area contributed by atoms with Crippen molar-refractivity contribution in [2.24, 2.45) is 0 Å². The number of benzene rings is 2. The van der Waals surface area contributed by atoms with Gasteiger partial charge in [-0.25, -0.2) is 9.18 Å². The number of carboxylic acid groups (broad SMARTS) is 1. The molecule has 0 spiro atoms. The molecule has 0 unspecified atom stereocenters. The highest BCUT2D eigenvalue weighted by Gasteiger charge is 2.25. The van der Waals surface area contributed by atoms with Gasteiger partial charge in [0.25, 0.3) is 0 Å². The van der Waals surface area contributed by atoms with E-state index in [-0.39, 0.29) is 12.0 Å². The summed E-state index contributed by atoms with van der Waals surface area (Å²) in [6.45, 7) is 0. The average molecular weight is 354 g/mol. The van der Waals surface area contributed by atoms with Crippen LogP contribution in [0, 0.1) is 5.82 Å². The van der Waals surface area contributed by atoms with Gasteiger partial charge in [-0.3, -0.25) is 4.79 Å². The van der Waals surface area contributed by atoms with Gasteiger partial charge in [0.15, 0.2) is 11.8 Å². The smallest absolute Gasteiger partial charge is 0.331 e. The fourth-order valence-corrected chi connectivity index (χ4v) is 2.49. The van der Waals surface area contributed by atoms with E-state index in [2.05, 4.69) is 10.5 Å². The van der Waals surface area contributed by atoms with Crippen molar-refractivity contribution in [2.45, 2.75) is 12.5 Å². The normalized spacial score (nSPS) is 11.7. The zero-order chi connectivity index (χ0) is 18.5. The molecule has 132 valence electrons. The van der Waals surface area contributed by atoms with Crippen LogP contribution in [0.1, 0.15) is 17.3 Å². The van der Waals surface area contributed by atoms with Crippen molar-refractivity contribution in [3.63, 3.8) is 0 Å². The molecule has 3 rings (SSSR count). The number of aromatic nitrogens is 1. The second-order valence-electron chi connectivity index (χ2n) is 5.59. The van der Waals surface area contributed by atoms with Crippen LogP contribution < -0.4 is 5.32 Å². The Hall–Kier alpha value is -3.48. The van der Waals surface area contributed by atoms with Crippen LogP contribution in [0.15, 0.2) is 65.2 Å². The third kappa shape index (κ3) is 3.94. The first-order chi connectivity index (χ1) is 12.5. The van der Waals surface area contributed by atoms with Gasteiger partial charge in [-0.2, -0.15) is 0 Å². The SMILES string of the molecule is O=C(Cc1cc(-c2ccccc2)on1)N[C@@H](C(=O)O)c1ccccc1F. The van der Waals surface area contributed by atoms with E-state index < -0.39 is 23.7 Å². The van der Waals surface area contributed by atoms with Gasteiger partial charge in [0.05, 0.1) is 12.1 Å². The molecule has 1 heterocycles. The quantitative estimate of drug-likeness (QED) is 0.710. The van der Waals surface area contributed by atoms with Gasteiger partial charge in [-0.05, 0) is 6.07 Å². The van der Waals surface area contributed by atoms with Gasteiger partial charge in [-0.15, -0.1) is 0 Å². The fourth-order valence-electron chi connectivity index (χ4n) is 2.49. The van der Waals surface area contributed by atoms with Gasteiger partial charge in [0.2, 0.25) is 5.91 Å². The fraction of sp³-hybridized carbons (Fsp3) is 0.105. The molecular formula is C19H15FN2O4. The first-order valence-corrected chi connectivity index (χ1v) is 7.82. The number of carbonyl (C=O) groups is 2. The van der Waals surface area contributed by atoms with E-state index in [4.69, 9.17) is 4.52 Å². The molecule has 2 aromatic carbocycles. The number of halogens is 1. The van der Waals surface area contributed by atoms with E-state index in [9.17, 15) is 19.1 Å². The largest absolute Gasteiger partial charge is 0.479 e. The number of hydrogen-bond acceptors (Lipinski definition) is 4. The Morgan fingerprint density at radius 1 is 1.12 bits per heavy atom. The lowest BCUT2D eigenvalue weighted by Gasteiger charge is -2.15. The molecule has 1 amide bonds. The monoisotopic (exact) mass is 354 g/mol. The average Bonchev–Trinajstić information content (AvgIpc) is 3.09. The van der Waals surface area contributed by atoms with E-state index in [0.717, 1.165) is 11.6 Å². The van der Waals surface area contributed by atoms with Crippen LogP contribution in [0.2, 0.25) is 0 Å². The van der Waals surface area contributed by atoms with Crippen LogP contribution in [0.4, 0.5) is 4.39 Å². The third-order valence-electron chi connectivity index (χ3n) is 3.73. The van der Waals surface area contributed by atoms with Crippen molar-refractivity contribution in [3.05, 3.63) is 77.7 Å². The van der Waals surface area contributed by atoms with Crippen molar-refractivity contribution in [2.75, 3.05) is 0 Å². The van der Waals surface area contributed by atoms with Gasteiger partial charge in [0.1, 0.15) is 5.82 Å². The van der Waals surface area contributed by atoms with Crippen molar-refractivity contribution >= 4 is 11.9 Å². The lowest BCUT2D eigenvalue weighted by atomic mass is 10.1. The van der Waals surface area contributed by atoms with Crippen LogP contribution in [0.5, 0.6) is 0 Å². The topological polar surface area (TPSA) is 92.4 Å². The van der Waals surface area contributed by atoms with Crippen molar-refractivity contribution in [1.82, 2.24) is 10.5 Å². The summed E-state index contributed by atoms with van der Waals surface area (Å²) in [5, 5.41) is 15.4. The Morgan fingerprint density at radius 3 is 2.50 bits per heavy atom. The van der Waals surface area contributed by atoms with E-state index in [1.807, 2.05) is 30.3 Å². The van der Waals surface area contributed by atoms with Crippen molar-refractivity contribution in [1.29, 1.82) is 0 Å². The highest BCUT2D eigenvalue weighted by molar-refractivity contribution is 5.85. The van der Waals surface area contributed by atoms with Gasteiger partial charge >= 0.3 is 5.97 Å². The maximum atomic E-state index is 13.8. The second-order valence-corrected chi connectivity index (χ2v) is 5.59. The molecule has 6 nitrogen and oxygen atoms in total. The number of carboxylic acids is 1. The molecule has 26 heavy (non-hydrogen) atoms. The summed E-state index contributed by atoms with van der Waals surface area (Å²) in [5.41, 5.74) is 1.04. The molecule has 0 bridgehead atoms. The lowest BCUT2D eigenvalue weighted by Crippen LogP contribution is -2.35. The van der Waals surface area contributed by atoms with Gasteiger partial charge < -0.3 is 14.9 Å². The Balaban J connectivity index is 1.71. The molecule has 7 heteroatoms. The molecular weight excluding hydrogens is 339 g/mol. The highest BCUT2D eigenvalue weighted by Crippen LogP contribution is 2.21. The first kappa shape index (κ1) is 17.3. The highest BCUT2D eigenvalue weighted by atomic mass is 19.1. The van der Waals surface area contributed by atoms with E-state index >= 15 is 0 Å². The number of amides is 1. The Kier molecular flexibility index (Phi) is 5.07. The molecule has 3 aromatic rings. The van der Waals surface area contributed by atoms with E-state index in [1.165, 1.54) is 18.2 Å². The number of hydrogen-bond donors (Lipinski definition) is 2. The molecule has 0 saturated heterocycles. The zero-order valence-corrected chi connectivity index (χ0v) is 13.6. The minimum absolute atomic E-state index is 0.113. The van der Waals surface area contributed by atoms with Crippen molar-refractivity contribution < 1.29 is 23.6 Å². The number of rotatable bonds is 6. The molecule has 0 fully saturated rings. The molecule has 0 aliphatic heterocycles. The summed E-state index contributed by atoms with van der Waals surface area (Å²) in [7, 11) is 0. The predicted octanol–water partition coefficient (Wildman–Crippen LogP) is 2.97. The molecule has 0 saturated carbocycles. The van der Waals surface area contributed by atoms with Crippen LogP contribution in [-0.4, -0.2) is 22.1 Å². The second kappa shape index (κ2) is 7.60. The molecule has 1 atom stereocenters. The Labute approximate surface area is 148 Å². The maximum Gasteiger partial charge on any atom is 0.331 e. The third-order valence-corrected chi connectivity index (χ3v) is 3.73. The summed E-state index contributed by atoms with van der Waals surface area (Å²) >= 11 is 0. The summed E-state index contributed by atoms with van der Waals surface area (Å²) < 4.78 is 19.0. The van der Waals surface area contributed by atoms with Crippen LogP contribution in [0.25, 0.3) is 11.3 Å². The molecule has 2 N–H and O–H groups in total. The van der Waals surface area contributed by atoms with Crippen LogP contribution in [0.3, 0.4) is 0 Å². The number of carbonyl (C=O) groups excluding carboxylic acids is 1. The minimum atomic E-state index is -1.48. The molecule has 1 aromatic heterocycles. The minimum Gasteiger partial charge on any atom is -0.479 e. The number of aliphatic carboxylic acids is 1. The van der Waals surface area contributed by atoms with Crippen molar-refractivity contribution in [3.8, 4) is 11.3 Å². The Bertz CT molecular complexity index is 924. The first-order valence-electron chi connectivity index (χ1n) is 7.82. The number of nitrogens with one attached hydrogen (secondary N) is 1. The van der Waals surface area contributed by atoms with E-state index in [0.29, 0.717) is 11.5 Å². The number of nitrogens with zero attached hydrogens (tertiary/aromatic N) is 1.